The van der Waals surface area contributed by atoms with E-state index in [1.807, 2.05) is 48.7 Å². The molecule has 6 nitrogen and oxygen atoms in total. The van der Waals surface area contributed by atoms with Gasteiger partial charge in [0.05, 0.1) is 11.9 Å². The molecule has 0 aliphatic rings. The van der Waals surface area contributed by atoms with Crippen LogP contribution >= 0.6 is 11.6 Å². The number of hydrogen-bond donors (Lipinski definition) is 1. The average Bonchev–Trinajstić information content (AvgIpc) is 3.34. The molecule has 2 heterocycles. The first-order valence-electron chi connectivity index (χ1n) is 8.71. The highest BCUT2D eigenvalue weighted by molar-refractivity contribution is 6.30. The summed E-state index contributed by atoms with van der Waals surface area (Å²) < 4.78 is 6.99. The summed E-state index contributed by atoms with van der Waals surface area (Å²) in [4.78, 5) is 12.8. The summed E-state index contributed by atoms with van der Waals surface area (Å²) in [5, 5.41) is 12.0. The highest BCUT2D eigenvalue weighted by Crippen LogP contribution is 2.25. The molecule has 2 aromatic carbocycles. The van der Waals surface area contributed by atoms with Gasteiger partial charge in [0.2, 0.25) is 0 Å². The number of halogens is 1. The van der Waals surface area contributed by atoms with Crippen LogP contribution in [0.1, 0.15) is 21.7 Å². The number of nitrogens with one attached hydrogen (secondary N) is 1. The van der Waals surface area contributed by atoms with Crippen molar-refractivity contribution in [1.82, 2.24) is 20.3 Å². The van der Waals surface area contributed by atoms with Gasteiger partial charge >= 0.3 is 0 Å². The van der Waals surface area contributed by atoms with Crippen molar-refractivity contribution in [2.24, 2.45) is 0 Å². The molecule has 0 aliphatic heterocycles. The van der Waals surface area contributed by atoms with Crippen LogP contribution in [0.4, 0.5) is 0 Å². The molecule has 0 spiro atoms. The Bertz CT molecular complexity index is 1100. The van der Waals surface area contributed by atoms with Gasteiger partial charge in [-0.05, 0) is 31.2 Å². The molecule has 140 valence electrons. The molecule has 1 N–H and O–H groups in total. The zero-order chi connectivity index (χ0) is 19.5. The second-order valence-corrected chi connectivity index (χ2v) is 6.72. The summed E-state index contributed by atoms with van der Waals surface area (Å²) in [7, 11) is 0. The van der Waals surface area contributed by atoms with Crippen molar-refractivity contribution in [2.75, 3.05) is 0 Å². The van der Waals surface area contributed by atoms with Crippen LogP contribution in [0.5, 0.6) is 0 Å². The first kappa shape index (κ1) is 18.0. The molecule has 28 heavy (non-hydrogen) atoms. The third kappa shape index (κ3) is 3.68. The zero-order valence-electron chi connectivity index (χ0n) is 15.1. The van der Waals surface area contributed by atoms with Gasteiger partial charge in [-0.15, -0.1) is 0 Å². The summed E-state index contributed by atoms with van der Waals surface area (Å²) >= 11 is 5.92. The number of nitrogens with zero attached hydrogens (tertiary/aromatic N) is 3. The average molecular weight is 393 g/mol. The maximum absolute atomic E-state index is 12.8. The maximum Gasteiger partial charge on any atom is 0.257 e. The van der Waals surface area contributed by atoms with Crippen LogP contribution in [0.25, 0.3) is 16.9 Å². The van der Waals surface area contributed by atoms with Gasteiger partial charge in [0, 0.05) is 28.9 Å². The molecular weight excluding hydrogens is 376 g/mol. The van der Waals surface area contributed by atoms with E-state index in [0.717, 1.165) is 16.8 Å². The molecule has 0 saturated heterocycles. The van der Waals surface area contributed by atoms with Crippen molar-refractivity contribution < 1.29 is 9.32 Å². The van der Waals surface area contributed by atoms with Crippen LogP contribution in [0.15, 0.2) is 71.5 Å². The smallest absolute Gasteiger partial charge is 0.257 e. The number of carbonyl (C=O) groups is 1. The van der Waals surface area contributed by atoms with Gasteiger partial charge in [0.25, 0.3) is 5.91 Å². The van der Waals surface area contributed by atoms with Gasteiger partial charge in [-0.1, -0.05) is 47.1 Å². The molecule has 4 rings (SSSR count). The fraction of sp³-hybridized carbons (Fsp3) is 0.0952. The molecular formula is C21H17ClN4O2. The second-order valence-electron chi connectivity index (χ2n) is 6.28. The topological polar surface area (TPSA) is 73.0 Å². The predicted molar refractivity (Wildman–Crippen MR) is 106 cm³/mol. The highest BCUT2D eigenvalue weighted by atomic mass is 35.5. The molecule has 7 heteroatoms. The molecule has 0 unspecified atom stereocenters. The maximum atomic E-state index is 12.8. The first-order chi connectivity index (χ1) is 13.6. The van der Waals surface area contributed by atoms with Gasteiger partial charge in [-0.2, -0.15) is 5.10 Å². The van der Waals surface area contributed by atoms with Crippen molar-refractivity contribution in [3.8, 4) is 16.9 Å². The Labute approximate surface area is 166 Å². The lowest BCUT2D eigenvalue weighted by atomic mass is 10.1. The van der Waals surface area contributed by atoms with Crippen molar-refractivity contribution in [2.45, 2.75) is 13.5 Å². The first-order valence-corrected chi connectivity index (χ1v) is 9.09. The monoisotopic (exact) mass is 392 g/mol. The van der Waals surface area contributed by atoms with E-state index in [1.54, 1.807) is 29.9 Å². The van der Waals surface area contributed by atoms with Gasteiger partial charge in [0.1, 0.15) is 17.0 Å². The number of aromatic nitrogens is 3. The van der Waals surface area contributed by atoms with Gasteiger partial charge in [-0.25, -0.2) is 4.68 Å². The SMILES string of the molecule is Cc1onc(-c2ccccc2)c1C(=O)NCc1cnn(-c2ccc(Cl)cc2)c1. The largest absolute Gasteiger partial charge is 0.360 e. The minimum absolute atomic E-state index is 0.239. The van der Waals surface area contributed by atoms with Crippen molar-refractivity contribution in [3.63, 3.8) is 0 Å². The number of aryl methyl sites for hydroxylation is 1. The summed E-state index contributed by atoms with van der Waals surface area (Å²) in [6, 6.07) is 16.9. The van der Waals surface area contributed by atoms with E-state index in [4.69, 9.17) is 16.1 Å². The van der Waals surface area contributed by atoms with E-state index in [-0.39, 0.29) is 5.91 Å². The van der Waals surface area contributed by atoms with E-state index >= 15 is 0 Å². The van der Waals surface area contributed by atoms with Gasteiger partial charge in [-0.3, -0.25) is 4.79 Å². The normalized spacial score (nSPS) is 10.8. The van der Waals surface area contributed by atoms with Crippen LogP contribution in [-0.4, -0.2) is 20.8 Å². The lowest BCUT2D eigenvalue weighted by molar-refractivity contribution is 0.0950. The Morgan fingerprint density at radius 2 is 1.89 bits per heavy atom. The molecule has 0 radical (unpaired) electrons. The standard InChI is InChI=1S/C21H17ClN4O2/c1-14-19(20(25-28-14)16-5-3-2-4-6-16)21(27)23-11-15-12-24-26(13-15)18-9-7-17(22)8-10-18/h2-10,12-13H,11H2,1H3,(H,23,27). The minimum Gasteiger partial charge on any atom is -0.360 e. The molecule has 0 fully saturated rings. The summed E-state index contributed by atoms with van der Waals surface area (Å²) in [5.74, 6) is 0.241. The van der Waals surface area contributed by atoms with E-state index < -0.39 is 0 Å². The molecule has 4 aromatic rings. The molecule has 0 saturated carbocycles. The molecule has 0 bridgehead atoms. The Hall–Kier alpha value is -3.38. The van der Waals surface area contributed by atoms with Crippen molar-refractivity contribution in [1.29, 1.82) is 0 Å². The Kier molecular flexibility index (Phi) is 4.95. The van der Waals surface area contributed by atoms with Crippen molar-refractivity contribution in [3.05, 3.63) is 88.9 Å². The third-order valence-corrected chi connectivity index (χ3v) is 4.57. The number of rotatable bonds is 5. The van der Waals surface area contributed by atoms with E-state index in [0.29, 0.717) is 28.6 Å². The Balaban J connectivity index is 1.49. The summed E-state index contributed by atoms with van der Waals surface area (Å²) in [5.41, 5.74) is 3.57. The third-order valence-electron chi connectivity index (χ3n) is 4.32. The summed E-state index contributed by atoms with van der Waals surface area (Å²) in [6.45, 7) is 2.07. The molecule has 2 aromatic heterocycles. The van der Waals surface area contributed by atoms with Crippen LogP contribution in [-0.2, 0) is 6.54 Å². The number of amides is 1. The fourth-order valence-electron chi connectivity index (χ4n) is 2.89. The second kappa shape index (κ2) is 7.70. The van der Waals surface area contributed by atoms with Crippen LogP contribution in [0.2, 0.25) is 5.02 Å². The quantitative estimate of drug-likeness (QED) is 0.545. The molecule has 0 aliphatic carbocycles. The van der Waals surface area contributed by atoms with E-state index in [2.05, 4.69) is 15.6 Å². The Morgan fingerprint density at radius 1 is 1.14 bits per heavy atom. The molecule has 0 atom stereocenters. The lowest BCUT2D eigenvalue weighted by Gasteiger charge is -2.05. The minimum atomic E-state index is -0.239. The zero-order valence-corrected chi connectivity index (χ0v) is 15.8. The van der Waals surface area contributed by atoms with Gasteiger partial charge < -0.3 is 9.84 Å². The number of benzene rings is 2. The van der Waals surface area contributed by atoms with Gasteiger partial charge in [0.15, 0.2) is 0 Å². The number of carbonyl (C=O) groups excluding carboxylic acids is 1. The fourth-order valence-corrected chi connectivity index (χ4v) is 3.02. The molecule has 1 amide bonds. The Morgan fingerprint density at radius 3 is 2.64 bits per heavy atom. The van der Waals surface area contributed by atoms with Crippen LogP contribution in [0, 0.1) is 6.92 Å². The predicted octanol–water partition coefficient (Wildman–Crippen LogP) is 4.42. The van der Waals surface area contributed by atoms with Crippen molar-refractivity contribution >= 4 is 17.5 Å². The highest BCUT2D eigenvalue weighted by Gasteiger charge is 2.21. The van der Waals surface area contributed by atoms with Crippen LogP contribution in [0.3, 0.4) is 0 Å². The van der Waals surface area contributed by atoms with E-state index in [1.165, 1.54) is 0 Å². The lowest BCUT2D eigenvalue weighted by Crippen LogP contribution is -2.23. The summed E-state index contributed by atoms with van der Waals surface area (Å²) in [6.07, 6.45) is 3.58. The van der Waals surface area contributed by atoms with Crippen LogP contribution < -0.4 is 5.32 Å². The number of hydrogen-bond acceptors (Lipinski definition) is 4. The van der Waals surface area contributed by atoms with E-state index in [9.17, 15) is 4.79 Å².